The number of halogens is 2. The minimum atomic E-state index is -1.12. The van der Waals surface area contributed by atoms with Gasteiger partial charge in [0.2, 0.25) is 0 Å². The number of carboxylic acids is 1. The third-order valence-electron chi connectivity index (χ3n) is 2.81. The summed E-state index contributed by atoms with van der Waals surface area (Å²) < 4.78 is 31.4. The minimum absolute atomic E-state index is 0.0131. The highest BCUT2D eigenvalue weighted by atomic mass is 19.1. The van der Waals surface area contributed by atoms with Gasteiger partial charge in [-0.3, -0.25) is 4.79 Å². The van der Waals surface area contributed by atoms with Crippen molar-refractivity contribution >= 4 is 5.97 Å². The van der Waals surface area contributed by atoms with Crippen molar-refractivity contribution in [2.75, 3.05) is 6.61 Å². The summed E-state index contributed by atoms with van der Waals surface area (Å²) in [6.45, 7) is -0.234. The van der Waals surface area contributed by atoms with E-state index in [4.69, 9.17) is 4.74 Å². The van der Waals surface area contributed by atoms with Crippen molar-refractivity contribution in [2.24, 2.45) is 0 Å². The largest absolute Gasteiger partial charge is 0.489 e. The van der Waals surface area contributed by atoms with Gasteiger partial charge in [-0.05, 0) is 29.8 Å². The van der Waals surface area contributed by atoms with Crippen LogP contribution < -0.4 is 4.74 Å². The molecule has 20 heavy (non-hydrogen) atoms. The maximum Gasteiger partial charge on any atom is 0.314 e. The van der Waals surface area contributed by atoms with Crippen molar-refractivity contribution in [3.8, 4) is 5.75 Å². The molecule has 0 aliphatic heterocycles. The predicted molar refractivity (Wildman–Crippen MR) is 68.7 cm³/mol. The number of benzene rings is 2. The monoisotopic (exact) mass is 278 g/mol. The highest BCUT2D eigenvalue weighted by molar-refractivity contribution is 5.76. The topological polar surface area (TPSA) is 46.5 Å². The van der Waals surface area contributed by atoms with Gasteiger partial charge in [0, 0.05) is 0 Å². The van der Waals surface area contributed by atoms with Gasteiger partial charge in [0.15, 0.2) is 11.6 Å². The van der Waals surface area contributed by atoms with Crippen molar-refractivity contribution in [3.63, 3.8) is 0 Å². The van der Waals surface area contributed by atoms with Crippen LogP contribution in [0.5, 0.6) is 5.75 Å². The molecule has 0 saturated carbocycles. The van der Waals surface area contributed by atoms with E-state index in [-0.39, 0.29) is 12.4 Å². The molecule has 0 amide bonds. The average molecular weight is 278 g/mol. The van der Waals surface area contributed by atoms with Crippen molar-refractivity contribution in [1.82, 2.24) is 0 Å². The molecule has 0 aliphatic rings. The maximum atomic E-state index is 13.4. The molecule has 2 rings (SSSR count). The number of hydrogen-bond donors (Lipinski definition) is 1. The van der Waals surface area contributed by atoms with Gasteiger partial charge in [0.1, 0.15) is 18.3 Å². The van der Waals surface area contributed by atoms with E-state index in [9.17, 15) is 18.7 Å². The Labute approximate surface area is 114 Å². The van der Waals surface area contributed by atoms with Crippen LogP contribution in [0.4, 0.5) is 8.78 Å². The van der Waals surface area contributed by atoms with Gasteiger partial charge in [-0.1, -0.05) is 24.3 Å². The second-order valence-electron chi connectivity index (χ2n) is 4.18. The SMILES string of the molecule is O=C(O)C(COc1ccccc1F)c1ccc(F)cc1. The summed E-state index contributed by atoms with van der Waals surface area (Å²) in [6, 6.07) is 10.8. The molecular formula is C15H12F2O3. The molecule has 0 bridgehead atoms. The third kappa shape index (κ3) is 3.32. The molecule has 1 N–H and O–H groups in total. The van der Waals surface area contributed by atoms with Crippen LogP contribution in [0.1, 0.15) is 11.5 Å². The summed E-state index contributed by atoms with van der Waals surface area (Å²) in [5.41, 5.74) is 0.398. The van der Waals surface area contributed by atoms with Crippen molar-refractivity contribution in [1.29, 1.82) is 0 Å². The van der Waals surface area contributed by atoms with Gasteiger partial charge in [0.25, 0.3) is 0 Å². The Morgan fingerprint density at radius 3 is 2.35 bits per heavy atom. The van der Waals surface area contributed by atoms with E-state index < -0.39 is 23.5 Å². The second-order valence-corrected chi connectivity index (χ2v) is 4.18. The van der Waals surface area contributed by atoms with Gasteiger partial charge < -0.3 is 9.84 Å². The molecule has 0 radical (unpaired) electrons. The standard InChI is InChI=1S/C15H12F2O3/c16-11-7-5-10(6-8-11)12(15(18)19)9-20-14-4-2-1-3-13(14)17/h1-8,12H,9H2,(H,18,19). The zero-order valence-electron chi connectivity index (χ0n) is 10.4. The van der Waals surface area contributed by atoms with Crippen LogP contribution >= 0.6 is 0 Å². The van der Waals surface area contributed by atoms with E-state index in [1.54, 1.807) is 6.07 Å². The second kappa shape index (κ2) is 6.14. The fraction of sp³-hybridized carbons (Fsp3) is 0.133. The quantitative estimate of drug-likeness (QED) is 0.913. The number of aliphatic carboxylic acids is 1. The summed E-state index contributed by atoms with van der Waals surface area (Å²) in [5, 5.41) is 9.18. The number of rotatable bonds is 5. The van der Waals surface area contributed by atoms with Gasteiger partial charge in [-0.2, -0.15) is 0 Å². The number of ether oxygens (including phenoxy) is 1. The Hall–Kier alpha value is -2.43. The zero-order chi connectivity index (χ0) is 14.5. The van der Waals surface area contributed by atoms with Crippen LogP contribution in [0.15, 0.2) is 48.5 Å². The summed E-state index contributed by atoms with van der Waals surface area (Å²) in [5.74, 6) is -3.13. The van der Waals surface area contributed by atoms with E-state index in [1.807, 2.05) is 0 Å². The number of carboxylic acid groups (broad SMARTS) is 1. The molecule has 2 aromatic carbocycles. The minimum Gasteiger partial charge on any atom is -0.489 e. The van der Waals surface area contributed by atoms with Gasteiger partial charge in [-0.25, -0.2) is 8.78 Å². The first-order valence-electron chi connectivity index (χ1n) is 5.93. The summed E-state index contributed by atoms with van der Waals surface area (Å²) in [4.78, 5) is 11.2. The molecule has 2 aromatic rings. The Bertz CT molecular complexity index is 596. The summed E-state index contributed by atoms with van der Waals surface area (Å²) >= 11 is 0. The fourth-order valence-electron chi connectivity index (χ4n) is 1.74. The summed E-state index contributed by atoms with van der Waals surface area (Å²) in [7, 11) is 0. The molecule has 0 fully saturated rings. The first-order valence-corrected chi connectivity index (χ1v) is 5.93. The van der Waals surface area contributed by atoms with E-state index in [0.717, 1.165) is 0 Å². The number of carbonyl (C=O) groups is 1. The van der Waals surface area contributed by atoms with Gasteiger partial charge >= 0.3 is 5.97 Å². The van der Waals surface area contributed by atoms with Crippen LogP contribution in [-0.4, -0.2) is 17.7 Å². The molecule has 0 aliphatic carbocycles. The van der Waals surface area contributed by atoms with Crippen LogP contribution in [0.3, 0.4) is 0 Å². The number of hydrogen-bond acceptors (Lipinski definition) is 2. The lowest BCUT2D eigenvalue weighted by Gasteiger charge is -2.14. The van der Waals surface area contributed by atoms with Crippen LogP contribution in [0.25, 0.3) is 0 Å². The first kappa shape index (κ1) is 14.0. The van der Waals surface area contributed by atoms with Crippen molar-refractivity contribution in [3.05, 3.63) is 65.7 Å². The van der Waals surface area contributed by atoms with E-state index >= 15 is 0 Å². The Morgan fingerprint density at radius 2 is 1.75 bits per heavy atom. The molecule has 0 heterocycles. The van der Waals surface area contributed by atoms with Crippen molar-refractivity contribution < 1.29 is 23.4 Å². The average Bonchev–Trinajstić information content (AvgIpc) is 2.42. The maximum absolute atomic E-state index is 13.4. The van der Waals surface area contributed by atoms with Crippen LogP contribution in [0.2, 0.25) is 0 Å². The van der Waals surface area contributed by atoms with E-state index in [1.165, 1.54) is 42.5 Å². The molecule has 0 spiro atoms. The Balaban J connectivity index is 2.13. The first-order chi connectivity index (χ1) is 9.58. The fourth-order valence-corrected chi connectivity index (χ4v) is 1.74. The normalized spacial score (nSPS) is 11.9. The van der Waals surface area contributed by atoms with E-state index in [2.05, 4.69) is 0 Å². The Morgan fingerprint density at radius 1 is 1.10 bits per heavy atom. The predicted octanol–water partition coefficient (Wildman–Crippen LogP) is 3.21. The molecule has 3 nitrogen and oxygen atoms in total. The molecule has 104 valence electrons. The van der Waals surface area contributed by atoms with Crippen LogP contribution in [-0.2, 0) is 4.79 Å². The number of para-hydroxylation sites is 1. The zero-order valence-corrected chi connectivity index (χ0v) is 10.4. The molecular weight excluding hydrogens is 266 g/mol. The van der Waals surface area contributed by atoms with Crippen molar-refractivity contribution in [2.45, 2.75) is 5.92 Å². The molecule has 0 saturated heterocycles. The smallest absolute Gasteiger partial charge is 0.314 e. The lowest BCUT2D eigenvalue weighted by molar-refractivity contribution is -0.139. The molecule has 0 aromatic heterocycles. The summed E-state index contributed by atoms with van der Waals surface area (Å²) in [6.07, 6.45) is 0. The van der Waals surface area contributed by atoms with E-state index in [0.29, 0.717) is 5.56 Å². The third-order valence-corrected chi connectivity index (χ3v) is 2.81. The molecule has 1 unspecified atom stereocenters. The molecule has 1 atom stereocenters. The van der Waals surface area contributed by atoms with Gasteiger partial charge in [-0.15, -0.1) is 0 Å². The lowest BCUT2D eigenvalue weighted by atomic mass is 10.0. The molecule has 5 heteroatoms. The van der Waals surface area contributed by atoms with Gasteiger partial charge in [0.05, 0.1) is 0 Å². The Kier molecular flexibility index (Phi) is 4.30. The highest BCUT2D eigenvalue weighted by Gasteiger charge is 2.21. The van der Waals surface area contributed by atoms with Crippen LogP contribution in [0, 0.1) is 11.6 Å². The highest BCUT2D eigenvalue weighted by Crippen LogP contribution is 2.21. The lowest BCUT2D eigenvalue weighted by Crippen LogP contribution is -2.19.